The first-order chi connectivity index (χ1) is 7.47. The molecule has 0 aliphatic carbocycles. The third-order valence-corrected chi connectivity index (χ3v) is 2.28. The van der Waals surface area contributed by atoms with E-state index in [-0.39, 0.29) is 5.75 Å². The van der Waals surface area contributed by atoms with Gasteiger partial charge in [-0.3, -0.25) is 9.69 Å². The Morgan fingerprint density at radius 1 is 1.50 bits per heavy atom. The molecular formula is C11H15FN2O2. The quantitative estimate of drug-likeness (QED) is 0.830. The molecule has 88 valence electrons. The predicted octanol–water partition coefficient (Wildman–Crippen LogP) is 0.922. The molecule has 1 amide bonds. The molecule has 0 heterocycles. The number of primary amides is 1. The van der Waals surface area contributed by atoms with E-state index in [0.29, 0.717) is 5.56 Å². The van der Waals surface area contributed by atoms with Gasteiger partial charge >= 0.3 is 0 Å². The highest BCUT2D eigenvalue weighted by Crippen LogP contribution is 2.24. The van der Waals surface area contributed by atoms with Gasteiger partial charge in [-0.25, -0.2) is 4.39 Å². The average molecular weight is 226 g/mol. The smallest absolute Gasteiger partial charge is 0.239 e. The molecule has 0 fully saturated rings. The first-order valence-corrected chi connectivity index (χ1v) is 4.76. The number of ether oxygens (including phenoxy) is 1. The highest BCUT2D eigenvalue weighted by atomic mass is 19.1. The van der Waals surface area contributed by atoms with Gasteiger partial charge in [0.05, 0.1) is 7.11 Å². The Bertz CT molecular complexity index is 394. The Kier molecular flexibility index (Phi) is 3.84. The van der Waals surface area contributed by atoms with Crippen LogP contribution in [0.15, 0.2) is 18.2 Å². The first-order valence-electron chi connectivity index (χ1n) is 4.76. The van der Waals surface area contributed by atoms with Gasteiger partial charge < -0.3 is 10.5 Å². The number of carbonyl (C=O) groups is 1. The van der Waals surface area contributed by atoms with Gasteiger partial charge in [0.15, 0.2) is 11.6 Å². The fourth-order valence-electron chi connectivity index (χ4n) is 1.57. The van der Waals surface area contributed by atoms with Crippen LogP contribution < -0.4 is 10.5 Å². The number of nitrogens with two attached hydrogens (primary N) is 1. The van der Waals surface area contributed by atoms with Crippen molar-refractivity contribution in [1.82, 2.24) is 4.90 Å². The molecule has 1 atom stereocenters. The largest absolute Gasteiger partial charge is 0.494 e. The molecule has 1 rings (SSSR count). The zero-order valence-corrected chi connectivity index (χ0v) is 9.53. The molecule has 16 heavy (non-hydrogen) atoms. The molecule has 1 aromatic carbocycles. The molecule has 1 unspecified atom stereocenters. The van der Waals surface area contributed by atoms with E-state index in [1.807, 2.05) is 0 Å². The van der Waals surface area contributed by atoms with Crippen LogP contribution in [0.1, 0.15) is 11.6 Å². The molecule has 0 aliphatic heterocycles. The van der Waals surface area contributed by atoms with E-state index in [9.17, 15) is 9.18 Å². The van der Waals surface area contributed by atoms with E-state index in [4.69, 9.17) is 10.5 Å². The lowest BCUT2D eigenvalue weighted by Gasteiger charge is -2.21. The number of halogens is 1. The molecule has 0 spiro atoms. The van der Waals surface area contributed by atoms with Crippen molar-refractivity contribution in [3.63, 3.8) is 0 Å². The summed E-state index contributed by atoms with van der Waals surface area (Å²) in [6.45, 7) is 0. The Balaban J connectivity index is 3.12. The number of hydrogen-bond acceptors (Lipinski definition) is 3. The fraction of sp³-hybridized carbons (Fsp3) is 0.364. The second kappa shape index (κ2) is 4.94. The molecular weight excluding hydrogens is 211 g/mol. The van der Waals surface area contributed by atoms with Crippen LogP contribution in [0.25, 0.3) is 0 Å². The highest BCUT2D eigenvalue weighted by Gasteiger charge is 2.21. The Labute approximate surface area is 93.8 Å². The average Bonchev–Trinajstić information content (AvgIpc) is 2.16. The molecule has 0 aromatic heterocycles. The summed E-state index contributed by atoms with van der Waals surface area (Å²) in [5.74, 6) is -0.881. The van der Waals surface area contributed by atoms with Crippen molar-refractivity contribution in [3.8, 4) is 5.75 Å². The topological polar surface area (TPSA) is 55.6 Å². The van der Waals surface area contributed by atoms with E-state index >= 15 is 0 Å². The van der Waals surface area contributed by atoms with Crippen LogP contribution in [0.2, 0.25) is 0 Å². The van der Waals surface area contributed by atoms with Crippen molar-refractivity contribution < 1.29 is 13.9 Å². The summed E-state index contributed by atoms with van der Waals surface area (Å²) in [7, 11) is 4.80. The summed E-state index contributed by atoms with van der Waals surface area (Å²) in [6, 6.07) is 3.72. The number of carbonyl (C=O) groups excluding carboxylic acids is 1. The normalized spacial score (nSPS) is 12.6. The van der Waals surface area contributed by atoms with Gasteiger partial charge in [-0.15, -0.1) is 0 Å². The minimum absolute atomic E-state index is 0.144. The number of likely N-dealkylation sites (N-methyl/N-ethyl adjacent to an activating group) is 1. The van der Waals surface area contributed by atoms with Crippen LogP contribution >= 0.6 is 0 Å². The van der Waals surface area contributed by atoms with Crippen molar-refractivity contribution in [2.45, 2.75) is 6.04 Å². The van der Waals surface area contributed by atoms with Crippen LogP contribution in [-0.4, -0.2) is 32.0 Å². The van der Waals surface area contributed by atoms with E-state index in [2.05, 4.69) is 0 Å². The maximum Gasteiger partial charge on any atom is 0.239 e. The number of benzene rings is 1. The summed E-state index contributed by atoms with van der Waals surface area (Å²) in [5, 5.41) is 0. The molecule has 0 saturated carbocycles. The monoisotopic (exact) mass is 226 g/mol. The third-order valence-electron chi connectivity index (χ3n) is 2.28. The Hall–Kier alpha value is -1.62. The minimum Gasteiger partial charge on any atom is -0.494 e. The third kappa shape index (κ3) is 2.49. The van der Waals surface area contributed by atoms with E-state index < -0.39 is 17.8 Å². The van der Waals surface area contributed by atoms with Gasteiger partial charge in [-0.2, -0.15) is 0 Å². The lowest BCUT2D eigenvalue weighted by Crippen LogP contribution is -2.32. The zero-order chi connectivity index (χ0) is 12.3. The molecule has 0 saturated heterocycles. The highest BCUT2D eigenvalue weighted by molar-refractivity contribution is 5.81. The second-order valence-corrected chi connectivity index (χ2v) is 3.66. The molecule has 4 nitrogen and oxygen atoms in total. The Morgan fingerprint density at radius 3 is 2.50 bits per heavy atom. The van der Waals surface area contributed by atoms with Gasteiger partial charge in [0.2, 0.25) is 5.91 Å². The van der Waals surface area contributed by atoms with Gasteiger partial charge in [-0.05, 0) is 31.8 Å². The lowest BCUT2D eigenvalue weighted by atomic mass is 10.1. The van der Waals surface area contributed by atoms with Crippen LogP contribution in [0, 0.1) is 5.82 Å². The molecule has 0 bridgehead atoms. The summed E-state index contributed by atoms with van der Waals surface area (Å²) in [6.07, 6.45) is 0. The number of hydrogen-bond donors (Lipinski definition) is 1. The predicted molar refractivity (Wildman–Crippen MR) is 58.6 cm³/mol. The molecule has 0 radical (unpaired) electrons. The van der Waals surface area contributed by atoms with Crippen molar-refractivity contribution in [2.75, 3.05) is 21.2 Å². The van der Waals surface area contributed by atoms with Crippen LogP contribution in [0.3, 0.4) is 0 Å². The van der Waals surface area contributed by atoms with Crippen molar-refractivity contribution in [3.05, 3.63) is 29.6 Å². The van der Waals surface area contributed by atoms with Crippen LogP contribution in [-0.2, 0) is 4.79 Å². The van der Waals surface area contributed by atoms with Crippen LogP contribution in [0.5, 0.6) is 5.75 Å². The number of rotatable bonds is 4. The van der Waals surface area contributed by atoms with Gasteiger partial charge in [0.25, 0.3) is 0 Å². The molecule has 0 aliphatic rings. The molecule has 1 aromatic rings. The first kappa shape index (κ1) is 12.4. The summed E-state index contributed by atoms with van der Waals surface area (Å²) in [4.78, 5) is 12.9. The van der Waals surface area contributed by atoms with E-state index in [1.165, 1.54) is 19.2 Å². The van der Waals surface area contributed by atoms with Gasteiger partial charge in [0.1, 0.15) is 6.04 Å². The van der Waals surface area contributed by atoms with Crippen molar-refractivity contribution in [1.29, 1.82) is 0 Å². The van der Waals surface area contributed by atoms with Crippen molar-refractivity contribution >= 4 is 5.91 Å². The molecule has 2 N–H and O–H groups in total. The summed E-state index contributed by atoms with van der Waals surface area (Å²) in [5.41, 5.74) is 5.77. The Morgan fingerprint density at radius 2 is 2.12 bits per heavy atom. The second-order valence-electron chi connectivity index (χ2n) is 3.66. The maximum atomic E-state index is 13.4. The number of methoxy groups -OCH3 is 1. The lowest BCUT2D eigenvalue weighted by molar-refractivity contribution is -0.122. The van der Waals surface area contributed by atoms with Gasteiger partial charge in [0, 0.05) is 0 Å². The molecule has 5 heteroatoms. The van der Waals surface area contributed by atoms with E-state index in [0.717, 1.165) is 0 Å². The van der Waals surface area contributed by atoms with E-state index in [1.54, 1.807) is 25.1 Å². The zero-order valence-electron chi connectivity index (χ0n) is 9.53. The summed E-state index contributed by atoms with van der Waals surface area (Å²) >= 11 is 0. The number of nitrogens with zero attached hydrogens (tertiary/aromatic N) is 1. The minimum atomic E-state index is -0.639. The van der Waals surface area contributed by atoms with Crippen molar-refractivity contribution in [2.24, 2.45) is 5.73 Å². The fourth-order valence-corrected chi connectivity index (χ4v) is 1.57. The van der Waals surface area contributed by atoms with Gasteiger partial charge in [-0.1, -0.05) is 6.07 Å². The van der Waals surface area contributed by atoms with Crippen LogP contribution in [0.4, 0.5) is 4.39 Å². The SMILES string of the molecule is COc1ccc(C(C(N)=O)N(C)C)cc1F. The standard InChI is InChI=1S/C11H15FN2O2/c1-14(2)10(11(13)15)7-4-5-9(16-3)8(12)6-7/h4-6,10H,1-3H3,(H2,13,15). The summed E-state index contributed by atoms with van der Waals surface area (Å²) < 4.78 is 18.2. The number of amides is 1. The maximum absolute atomic E-state index is 13.4.